The zero-order valence-electron chi connectivity index (χ0n) is 6.59. The van der Waals surface area contributed by atoms with Gasteiger partial charge in [0.25, 0.3) is 0 Å². The van der Waals surface area contributed by atoms with E-state index in [0.717, 1.165) is 6.42 Å². The predicted octanol–water partition coefficient (Wildman–Crippen LogP) is 1.60. The largest absolute Gasteiger partial charge is 0.465 e. The number of esters is 1. The number of rotatable bonds is 0. The van der Waals surface area contributed by atoms with E-state index in [4.69, 9.17) is 4.74 Å². The Morgan fingerprint density at radius 1 is 1.40 bits per heavy atom. The molecule has 58 valence electrons. The third-order valence-electron chi connectivity index (χ3n) is 1.85. The van der Waals surface area contributed by atoms with Gasteiger partial charge in [0.2, 0.25) is 0 Å². The molecule has 0 aromatic rings. The van der Waals surface area contributed by atoms with E-state index < -0.39 is 0 Å². The van der Waals surface area contributed by atoms with Crippen molar-refractivity contribution in [1.82, 2.24) is 0 Å². The summed E-state index contributed by atoms with van der Waals surface area (Å²) in [4.78, 5) is 10.8. The van der Waals surface area contributed by atoms with Gasteiger partial charge in [-0.25, -0.2) is 0 Å². The Morgan fingerprint density at radius 2 is 2.10 bits per heavy atom. The fraction of sp³-hybridized carbons (Fsp3) is 0.875. The summed E-state index contributed by atoms with van der Waals surface area (Å²) in [5.41, 5.74) is 0. The van der Waals surface area contributed by atoms with Crippen LogP contribution in [0.5, 0.6) is 0 Å². The number of hydrogen-bond acceptors (Lipinski definition) is 2. The third kappa shape index (κ3) is 2.01. The summed E-state index contributed by atoms with van der Waals surface area (Å²) in [7, 11) is 0. The van der Waals surface area contributed by atoms with Crippen LogP contribution in [0.2, 0.25) is 0 Å². The monoisotopic (exact) mass is 142 g/mol. The lowest BCUT2D eigenvalue weighted by molar-refractivity contribution is -0.143. The van der Waals surface area contributed by atoms with Gasteiger partial charge in [0.15, 0.2) is 0 Å². The van der Waals surface area contributed by atoms with Crippen LogP contribution >= 0.6 is 0 Å². The molecule has 0 N–H and O–H groups in total. The van der Waals surface area contributed by atoms with Gasteiger partial charge < -0.3 is 4.74 Å². The fourth-order valence-electron chi connectivity index (χ4n) is 1.42. The molecule has 0 aromatic heterocycles. The van der Waals surface area contributed by atoms with Crippen molar-refractivity contribution in [3.05, 3.63) is 0 Å². The maximum absolute atomic E-state index is 10.8. The maximum Gasteiger partial charge on any atom is 0.306 e. The van der Waals surface area contributed by atoms with Gasteiger partial charge in [-0.1, -0.05) is 13.8 Å². The van der Waals surface area contributed by atoms with E-state index in [1.165, 1.54) is 0 Å². The molecule has 0 unspecified atom stereocenters. The highest BCUT2D eigenvalue weighted by molar-refractivity contribution is 5.69. The second-order valence-corrected chi connectivity index (χ2v) is 3.33. The number of ether oxygens (including phenoxy) is 1. The van der Waals surface area contributed by atoms with Crippen molar-refractivity contribution in [3.8, 4) is 0 Å². The molecule has 2 atom stereocenters. The van der Waals surface area contributed by atoms with E-state index in [2.05, 4.69) is 13.8 Å². The molecule has 2 nitrogen and oxygen atoms in total. The molecule has 1 aliphatic heterocycles. The normalized spacial score (nSPS) is 34.8. The quantitative estimate of drug-likeness (QED) is 0.480. The summed E-state index contributed by atoms with van der Waals surface area (Å²) >= 11 is 0. The lowest BCUT2D eigenvalue weighted by atomic mass is 9.97. The molecular weight excluding hydrogens is 128 g/mol. The van der Waals surface area contributed by atoms with Crippen LogP contribution in [0.15, 0.2) is 0 Å². The number of carbonyl (C=O) groups is 1. The summed E-state index contributed by atoms with van der Waals surface area (Å²) in [5.74, 6) is 1.02. The molecule has 2 heteroatoms. The maximum atomic E-state index is 10.8. The molecule has 10 heavy (non-hydrogen) atoms. The Labute approximate surface area is 61.6 Å². The number of carbonyl (C=O) groups excluding carboxylic acids is 1. The Kier molecular flexibility index (Phi) is 2.30. The van der Waals surface area contributed by atoms with Crippen molar-refractivity contribution in [2.45, 2.75) is 26.7 Å². The van der Waals surface area contributed by atoms with Crippen LogP contribution in [-0.4, -0.2) is 12.6 Å². The van der Waals surface area contributed by atoms with Crippen LogP contribution in [0.25, 0.3) is 0 Å². The van der Waals surface area contributed by atoms with Gasteiger partial charge in [0.1, 0.15) is 0 Å². The van der Waals surface area contributed by atoms with Crippen molar-refractivity contribution >= 4 is 5.97 Å². The molecule has 0 radical (unpaired) electrons. The van der Waals surface area contributed by atoms with E-state index in [1.54, 1.807) is 0 Å². The van der Waals surface area contributed by atoms with E-state index in [9.17, 15) is 4.79 Å². The van der Waals surface area contributed by atoms with Crippen LogP contribution in [0.3, 0.4) is 0 Å². The van der Waals surface area contributed by atoms with Gasteiger partial charge in [-0.15, -0.1) is 0 Å². The molecule has 0 saturated carbocycles. The van der Waals surface area contributed by atoms with Crippen molar-refractivity contribution in [3.63, 3.8) is 0 Å². The number of hydrogen-bond donors (Lipinski definition) is 0. The molecule has 1 rings (SSSR count). The van der Waals surface area contributed by atoms with Crippen LogP contribution in [-0.2, 0) is 9.53 Å². The highest BCUT2D eigenvalue weighted by Gasteiger charge is 2.18. The highest BCUT2D eigenvalue weighted by Crippen LogP contribution is 2.19. The molecule has 1 saturated heterocycles. The van der Waals surface area contributed by atoms with Crippen molar-refractivity contribution in [2.24, 2.45) is 11.8 Å². The van der Waals surface area contributed by atoms with Gasteiger partial charge in [-0.05, 0) is 18.3 Å². The molecule has 1 fully saturated rings. The Balaban J connectivity index is 2.46. The molecule has 1 heterocycles. The van der Waals surface area contributed by atoms with E-state index in [0.29, 0.717) is 24.9 Å². The van der Waals surface area contributed by atoms with E-state index in [-0.39, 0.29) is 5.97 Å². The predicted molar refractivity (Wildman–Crippen MR) is 38.5 cm³/mol. The zero-order chi connectivity index (χ0) is 7.56. The average Bonchev–Trinajstić information content (AvgIpc) is 1.93. The topological polar surface area (TPSA) is 26.3 Å². The summed E-state index contributed by atoms with van der Waals surface area (Å²) in [5, 5.41) is 0. The SMILES string of the molecule is C[C@H]1COC(=O)C[C@H](C)C1. The van der Waals surface area contributed by atoms with Crippen LogP contribution in [0.1, 0.15) is 26.7 Å². The standard InChI is InChI=1S/C8H14O2/c1-6-3-7(2)5-10-8(9)4-6/h6-7H,3-5H2,1-2H3/t6-,7-/m1/s1. The first kappa shape index (κ1) is 7.58. The molecule has 0 aromatic carbocycles. The first-order valence-electron chi connectivity index (χ1n) is 3.84. The lowest BCUT2D eigenvalue weighted by Crippen LogP contribution is -2.05. The van der Waals surface area contributed by atoms with Crippen LogP contribution in [0, 0.1) is 11.8 Å². The molecule has 0 bridgehead atoms. The van der Waals surface area contributed by atoms with Crippen molar-refractivity contribution < 1.29 is 9.53 Å². The minimum atomic E-state index is -0.0307. The Bertz CT molecular complexity index is 131. The second kappa shape index (κ2) is 3.04. The third-order valence-corrected chi connectivity index (χ3v) is 1.85. The van der Waals surface area contributed by atoms with Crippen LogP contribution < -0.4 is 0 Å². The fourth-order valence-corrected chi connectivity index (χ4v) is 1.42. The Hall–Kier alpha value is -0.530. The first-order chi connectivity index (χ1) is 4.68. The number of cyclic esters (lactones) is 1. The molecular formula is C8H14O2. The second-order valence-electron chi connectivity index (χ2n) is 3.33. The van der Waals surface area contributed by atoms with Gasteiger partial charge in [0.05, 0.1) is 6.61 Å². The summed E-state index contributed by atoms with van der Waals surface area (Å²) in [6.07, 6.45) is 1.72. The summed E-state index contributed by atoms with van der Waals surface area (Å²) in [6, 6.07) is 0. The van der Waals surface area contributed by atoms with Crippen LogP contribution in [0.4, 0.5) is 0 Å². The van der Waals surface area contributed by atoms with E-state index >= 15 is 0 Å². The lowest BCUT2D eigenvalue weighted by Gasteiger charge is -2.07. The van der Waals surface area contributed by atoms with Gasteiger partial charge in [-0.3, -0.25) is 4.79 Å². The first-order valence-corrected chi connectivity index (χ1v) is 3.84. The summed E-state index contributed by atoms with van der Waals surface area (Å²) < 4.78 is 4.95. The Morgan fingerprint density at radius 3 is 2.80 bits per heavy atom. The van der Waals surface area contributed by atoms with Crippen molar-refractivity contribution in [1.29, 1.82) is 0 Å². The van der Waals surface area contributed by atoms with E-state index in [1.807, 2.05) is 0 Å². The molecule has 0 amide bonds. The highest BCUT2D eigenvalue weighted by atomic mass is 16.5. The smallest absolute Gasteiger partial charge is 0.306 e. The minimum Gasteiger partial charge on any atom is -0.465 e. The average molecular weight is 142 g/mol. The molecule has 1 aliphatic rings. The molecule has 0 spiro atoms. The van der Waals surface area contributed by atoms with Crippen molar-refractivity contribution in [2.75, 3.05) is 6.61 Å². The van der Waals surface area contributed by atoms with Gasteiger partial charge >= 0.3 is 5.97 Å². The zero-order valence-corrected chi connectivity index (χ0v) is 6.59. The van der Waals surface area contributed by atoms with Gasteiger partial charge in [0, 0.05) is 6.42 Å². The summed E-state index contributed by atoms with van der Waals surface area (Å²) in [6.45, 7) is 4.83. The van der Waals surface area contributed by atoms with Gasteiger partial charge in [-0.2, -0.15) is 0 Å². The minimum absolute atomic E-state index is 0.0307. The molecule has 0 aliphatic carbocycles.